The number of hydrogen-bond acceptors (Lipinski definition) is 7. The van der Waals surface area contributed by atoms with E-state index < -0.39 is 11.6 Å². The highest BCUT2D eigenvalue weighted by Crippen LogP contribution is 2.30. The Morgan fingerprint density at radius 2 is 1.97 bits per heavy atom. The predicted octanol–water partition coefficient (Wildman–Crippen LogP) is 4.74. The largest absolute Gasteiger partial charge is 0.378 e. The summed E-state index contributed by atoms with van der Waals surface area (Å²) in [6.45, 7) is 8.84. The number of rotatable bonds is 6. The summed E-state index contributed by atoms with van der Waals surface area (Å²) in [4.78, 5) is 17.5. The number of halogens is 2. The number of hydrogen-bond donors (Lipinski definition) is 2. The lowest BCUT2D eigenvalue weighted by Gasteiger charge is -2.24. The standard InChI is InChI=1S/C27H28F2N8O/c1-15(2)37-16(3)32-26-19(28)10-17(11-23(26)37)25-20(29)12-31-27(35-25)34-24-5-4-22-21(33-24)6-8-36(22)13-18-14-38-9-7-30-18/h4-6,8,10-12,15,18,30H,7,9,13-14H2,1-3H3,(H,31,33,34,35). The molecule has 0 amide bonds. The van der Waals surface area contributed by atoms with Gasteiger partial charge in [0, 0.05) is 36.9 Å². The fraction of sp³-hybridized carbons (Fsp3) is 0.333. The van der Waals surface area contributed by atoms with E-state index in [0.29, 0.717) is 29.3 Å². The maximum absolute atomic E-state index is 15.0. The van der Waals surface area contributed by atoms with Crippen LogP contribution >= 0.6 is 0 Å². The zero-order valence-corrected chi connectivity index (χ0v) is 21.4. The Labute approximate surface area is 217 Å². The second-order valence-corrected chi connectivity index (χ2v) is 9.76. The van der Waals surface area contributed by atoms with Gasteiger partial charge in [-0.15, -0.1) is 0 Å². The van der Waals surface area contributed by atoms with Crippen molar-refractivity contribution in [2.75, 3.05) is 25.1 Å². The van der Waals surface area contributed by atoms with Crippen LogP contribution in [-0.4, -0.2) is 54.9 Å². The molecule has 1 aliphatic heterocycles. The molecule has 1 fully saturated rings. The maximum atomic E-state index is 15.0. The summed E-state index contributed by atoms with van der Waals surface area (Å²) < 4.78 is 39.5. The number of morpholine rings is 1. The molecule has 5 heterocycles. The Balaban J connectivity index is 1.29. The van der Waals surface area contributed by atoms with Crippen LogP contribution in [0, 0.1) is 18.6 Å². The molecule has 0 aliphatic carbocycles. The van der Waals surface area contributed by atoms with Gasteiger partial charge in [0.15, 0.2) is 11.6 Å². The van der Waals surface area contributed by atoms with Crippen LogP contribution in [0.4, 0.5) is 20.5 Å². The van der Waals surface area contributed by atoms with Crippen LogP contribution in [0.1, 0.15) is 25.7 Å². The molecule has 38 heavy (non-hydrogen) atoms. The van der Waals surface area contributed by atoms with Gasteiger partial charge in [-0.1, -0.05) is 0 Å². The summed E-state index contributed by atoms with van der Waals surface area (Å²) in [6.07, 6.45) is 3.07. The molecule has 9 nitrogen and oxygen atoms in total. The minimum Gasteiger partial charge on any atom is -0.378 e. The Hall–Kier alpha value is -3.96. The molecule has 0 bridgehead atoms. The smallest absolute Gasteiger partial charge is 0.229 e. The van der Waals surface area contributed by atoms with Crippen molar-refractivity contribution in [3.63, 3.8) is 0 Å². The summed E-state index contributed by atoms with van der Waals surface area (Å²) in [5.41, 5.74) is 2.94. The van der Waals surface area contributed by atoms with E-state index in [1.165, 1.54) is 6.07 Å². The van der Waals surface area contributed by atoms with Crippen molar-refractivity contribution >= 4 is 33.8 Å². The fourth-order valence-electron chi connectivity index (χ4n) is 5.08. The molecule has 6 rings (SSSR count). The Morgan fingerprint density at radius 3 is 2.76 bits per heavy atom. The normalized spacial score (nSPS) is 16.1. The van der Waals surface area contributed by atoms with Crippen LogP contribution in [-0.2, 0) is 11.3 Å². The lowest BCUT2D eigenvalue weighted by atomic mass is 10.1. The Bertz CT molecular complexity index is 1640. The molecule has 0 radical (unpaired) electrons. The number of aromatic nitrogens is 6. The molecule has 1 unspecified atom stereocenters. The first-order chi connectivity index (χ1) is 18.4. The predicted molar refractivity (Wildman–Crippen MR) is 141 cm³/mol. The van der Waals surface area contributed by atoms with Gasteiger partial charge in [-0.2, -0.15) is 0 Å². The number of benzene rings is 1. The third kappa shape index (κ3) is 4.48. The van der Waals surface area contributed by atoms with E-state index in [4.69, 9.17) is 4.74 Å². The van der Waals surface area contributed by atoms with Gasteiger partial charge in [-0.05, 0) is 51.1 Å². The monoisotopic (exact) mass is 518 g/mol. The number of anilines is 2. The van der Waals surface area contributed by atoms with E-state index in [2.05, 4.69) is 35.1 Å². The Kier molecular flexibility index (Phi) is 6.24. The lowest BCUT2D eigenvalue weighted by Crippen LogP contribution is -2.43. The van der Waals surface area contributed by atoms with Crippen molar-refractivity contribution in [2.24, 2.45) is 0 Å². The van der Waals surface area contributed by atoms with E-state index >= 15 is 0 Å². The van der Waals surface area contributed by atoms with E-state index in [1.807, 2.05) is 49.7 Å². The first-order valence-corrected chi connectivity index (χ1v) is 12.6. The Morgan fingerprint density at radius 1 is 1.11 bits per heavy atom. The van der Waals surface area contributed by atoms with Crippen molar-refractivity contribution in [3.05, 3.63) is 60.2 Å². The van der Waals surface area contributed by atoms with Gasteiger partial charge in [0.05, 0.1) is 36.0 Å². The van der Waals surface area contributed by atoms with Crippen LogP contribution in [0.15, 0.2) is 42.7 Å². The number of imidazole rings is 1. The minimum absolute atomic E-state index is 0.00751. The fourth-order valence-corrected chi connectivity index (χ4v) is 5.08. The molecule has 5 aromatic rings. The molecule has 1 aliphatic rings. The summed E-state index contributed by atoms with van der Waals surface area (Å²) in [6, 6.07) is 9.02. The third-order valence-corrected chi connectivity index (χ3v) is 6.74. The van der Waals surface area contributed by atoms with E-state index in [-0.39, 0.29) is 29.2 Å². The molecule has 1 saturated heterocycles. The second kappa shape index (κ2) is 9.73. The van der Waals surface area contributed by atoms with Gasteiger partial charge in [-0.25, -0.2) is 28.7 Å². The summed E-state index contributed by atoms with van der Waals surface area (Å²) in [5.74, 6) is 0.184. The first-order valence-electron chi connectivity index (χ1n) is 12.6. The molecule has 0 spiro atoms. The molecule has 0 saturated carbocycles. The summed E-state index contributed by atoms with van der Waals surface area (Å²) >= 11 is 0. The zero-order valence-electron chi connectivity index (χ0n) is 21.4. The first kappa shape index (κ1) is 24.4. The van der Waals surface area contributed by atoms with Crippen LogP contribution in [0.2, 0.25) is 0 Å². The third-order valence-electron chi connectivity index (χ3n) is 6.74. The van der Waals surface area contributed by atoms with Crippen LogP contribution in [0.5, 0.6) is 0 Å². The molecule has 11 heteroatoms. The van der Waals surface area contributed by atoms with E-state index in [1.54, 1.807) is 6.07 Å². The van der Waals surface area contributed by atoms with Crippen LogP contribution in [0.3, 0.4) is 0 Å². The number of ether oxygens (including phenoxy) is 1. The number of fused-ring (bicyclic) bond motifs is 2. The molecular formula is C27H28F2N8O. The van der Waals surface area contributed by atoms with Gasteiger partial charge in [0.1, 0.15) is 22.9 Å². The molecular weight excluding hydrogens is 490 g/mol. The van der Waals surface area contributed by atoms with Gasteiger partial charge < -0.3 is 24.5 Å². The van der Waals surface area contributed by atoms with Crippen LogP contribution in [0.25, 0.3) is 33.3 Å². The number of pyridine rings is 1. The maximum Gasteiger partial charge on any atom is 0.229 e. The highest BCUT2D eigenvalue weighted by atomic mass is 19.1. The number of nitrogens with zero attached hydrogens (tertiary/aromatic N) is 6. The van der Waals surface area contributed by atoms with Crippen LogP contribution < -0.4 is 10.6 Å². The number of aryl methyl sites for hydroxylation is 1. The van der Waals surface area contributed by atoms with Gasteiger partial charge >= 0.3 is 0 Å². The molecule has 1 aromatic carbocycles. The quantitative estimate of drug-likeness (QED) is 0.335. The molecule has 1 atom stereocenters. The molecule has 4 aromatic heterocycles. The average molecular weight is 519 g/mol. The van der Waals surface area contributed by atoms with Crippen molar-refractivity contribution in [1.29, 1.82) is 0 Å². The van der Waals surface area contributed by atoms with Gasteiger partial charge in [0.25, 0.3) is 0 Å². The second-order valence-electron chi connectivity index (χ2n) is 9.76. The van der Waals surface area contributed by atoms with Crippen molar-refractivity contribution in [3.8, 4) is 11.3 Å². The van der Waals surface area contributed by atoms with Gasteiger partial charge in [-0.3, -0.25) is 0 Å². The van der Waals surface area contributed by atoms with Crippen molar-refractivity contribution < 1.29 is 13.5 Å². The SMILES string of the molecule is Cc1nc2c(F)cc(-c3nc(Nc4ccc5c(ccn5CC5COCCN5)n4)ncc3F)cc2n1C(C)C. The highest BCUT2D eigenvalue weighted by molar-refractivity contribution is 5.83. The lowest BCUT2D eigenvalue weighted by molar-refractivity contribution is 0.0718. The van der Waals surface area contributed by atoms with Crippen molar-refractivity contribution in [2.45, 2.75) is 39.4 Å². The topological polar surface area (TPSA) is 94.7 Å². The van der Waals surface area contributed by atoms with E-state index in [0.717, 1.165) is 36.9 Å². The summed E-state index contributed by atoms with van der Waals surface area (Å²) in [5, 5.41) is 6.51. The number of nitrogens with one attached hydrogen (secondary N) is 2. The highest BCUT2D eigenvalue weighted by Gasteiger charge is 2.19. The van der Waals surface area contributed by atoms with Crippen molar-refractivity contribution in [1.82, 2.24) is 34.4 Å². The zero-order chi connectivity index (χ0) is 26.4. The molecule has 196 valence electrons. The van der Waals surface area contributed by atoms with E-state index in [9.17, 15) is 8.78 Å². The minimum atomic E-state index is -0.651. The molecule has 2 N–H and O–H groups in total. The average Bonchev–Trinajstić information content (AvgIpc) is 3.45. The summed E-state index contributed by atoms with van der Waals surface area (Å²) in [7, 11) is 0. The van der Waals surface area contributed by atoms with Gasteiger partial charge in [0.2, 0.25) is 5.95 Å².